The molecule has 5 aliphatic carbocycles. The molecule has 2 bridgehead atoms. The van der Waals surface area contributed by atoms with Gasteiger partial charge in [0, 0.05) is 43.3 Å². The van der Waals surface area contributed by atoms with Gasteiger partial charge in [0.1, 0.15) is 0 Å². The highest BCUT2D eigenvalue weighted by atomic mass is 32.1. The Balaban J connectivity index is 1.14. The van der Waals surface area contributed by atoms with Crippen LogP contribution >= 0.6 is 11.3 Å². The number of nitrogens with zero attached hydrogens (tertiary/aromatic N) is 2. The van der Waals surface area contributed by atoms with E-state index in [0.29, 0.717) is 11.8 Å². The molecule has 0 saturated heterocycles. The summed E-state index contributed by atoms with van der Waals surface area (Å²) in [5.74, 6) is 1.92. The van der Waals surface area contributed by atoms with E-state index in [0.717, 1.165) is 5.92 Å². The van der Waals surface area contributed by atoms with Crippen molar-refractivity contribution >= 4 is 78.0 Å². The van der Waals surface area contributed by atoms with Crippen LogP contribution in [0.1, 0.15) is 210 Å². The monoisotopic (exact) mass is 915 g/mol. The third-order valence-corrected chi connectivity index (χ3v) is 21.6. The van der Waals surface area contributed by atoms with Crippen LogP contribution in [0.4, 0.5) is 34.1 Å². The van der Waals surface area contributed by atoms with Gasteiger partial charge in [-0.25, -0.2) is 0 Å². The summed E-state index contributed by atoms with van der Waals surface area (Å²) < 4.78 is 2.99. The van der Waals surface area contributed by atoms with Crippen LogP contribution in [0.15, 0.2) is 72.8 Å². The summed E-state index contributed by atoms with van der Waals surface area (Å²) >= 11 is 2.12. The van der Waals surface area contributed by atoms with Gasteiger partial charge in [0.25, 0.3) is 6.71 Å². The number of hydrogen-bond acceptors (Lipinski definition) is 3. The van der Waals surface area contributed by atoms with Gasteiger partial charge in [-0.15, -0.1) is 11.3 Å². The second-order valence-corrected chi connectivity index (χ2v) is 28.3. The van der Waals surface area contributed by atoms with Crippen LogP contribution in [0.5, 0.6) is 0 Å². The largest absolute Gasteiger partial charge is 0.311 e. The van der Waals surface area contributed by atoms with E-state index in [1.165, 1.54) is 146 Å². The number of thiophene rings is 1. The highest BCUT2D eigenvalue weighted by Gasteiger charge is 2.50. The first-order valence-electron chi connectivity index (χ1n) is 26.8. The molecule has 1 fully saturated rings. The zero-order valence-corrected chi connectivity index (χ0v) is 44.7. The second kappa shape index (κ2) is 13.8. The number of benzene rings is 5. The average molecular weight is 915 g/mol. The van der Waals surface area contributed by atoms with Gasteiger partial charge in [-0.05, 0) is 231 Å². The Morgan fingerprint density at radius 1 is 0.529 bits per heavy atom. The normalized spacial score (nSPS) is 26.9. The molecule has 7 aliphatic rings. The van der Waals surface area contributed by atoms with E-state index in [1.54, 1.807) is 22.3 Å². The Morgan fingerprint density at radius 2 is 1.10 bits per heavy atom. The molecule has 2 aliphatic heterocycles. The molecule has 68 heavy (non-hydrogen) atoms. The number of fused-ring (bicyclic) bond motifs is 13. The van der Waals surface area contributed by atoms with Gasteiger partial charge in [-0.2, -0.15) is 0 Å². The fourth-order valence-corrected chi connectivity index (χ4v) is 17.0. The highest BCUT2D eigenvalue weighted by Crippen LogP contribution is 2.59. The van der Waals surface area contributed by atoms with E-state index in [4.69, 9.17) is 0 Å². The summed E-state index contributed by atoms with van der Waals surface area (Å²) in [5.41, 5.74) is 25.8. The van der Waals surface area contributed by atoms with Gasteiger partial charge >= 0.3 is 0 Å². The maximum Gasteiger partial charge on any atom is 0.264 e. The van der Waals surface area contributed by atoms with E-state index >= 15 is 0 Å². The van der Waals surface area contributed by atoms with Crippen LogP contribution in [0, 0.1) is 12.8 Å². The number of aryl methyl sites for hydroxylation is 1. The predicted molar refractivity (Wildman–Crippen MR) is 295 cm³/mol. The maximum absolute atomic E-state index is 2.79. The molecule has 0 radical (unpaired) electrons. The highest BCUT2D eigenvalue weighted by molar-refractivity contribution is 7.33. The fraction of sp³-hybridized carbons (Fsp3) is 0.500. The lowest BCUT2D eigenvalue weighted by molar-refractivity contribution is 0.332. The van der Waals surface area contributed by atoms with Crippen molar-refractivity contribution in [1.82, 2.24) is 0 Å². The van der Waals surface area contributed by atoms with Crippen LogP contribution in [-0.4, -0.2) is 6.71 Å². The summed E-state index contributed by atoms with van der Waals surface area (Å²) in [7, 11) is 0. The molecule has 1 saturated carbocycles. The zero-order valence-electron chi connectivity index (χ0n) is 43.9. The first-order valence-corrected chi connectivity index (χ1v) is 27.6. The van der Waals surface area contributed by atoms with Crippen molar-refractivity contribution in [1.29, 1.82) is 0 Å². The van der Waals surface area contributed by atoms with Gasteiger partial charge in [0.15, 0.2) is 0 Å². The Morgan fingerprint density at radius 3 is 1.74 bits per heavy atom. The minimum atomic E-state index is 0.0989. The topological polar surface area (TPSA) is 6.48 Å². The molecule has 0 N–H and O–H groups in total. The van der Waals surface area contributed by atoms with Crippen molar-refractivity contribution in [2.75, 3.05) is 9.80 Å². The molecule has 0 spiro atoms. The van der Waals surface area contributed by atoms with E-state index in [9.17, 15) is 0 Å². The Kier molecular flexibility index (Phi) is 8.86. The Labute approximate surface area is 413 Å². The van der Waals surface area contributed by atoms with Crippen LogP contribution < -0.4 is 25.5 Å². The van der Waals surface area contributed by atoms with Gasteiger partial charge in [-0.3, -0.25) is 0 Å². The van der Waals surface area contributed by atoms with Gasteiger partial charge in [0.2, 0.25) is 0 Å². The van der Waals surface area contributed by atoms with Gasteiger partial charge in [0.05, 0.1) is 5.69 Å². The Bertz CT molecular complexity index is 3190. The third kappa shape index (κ3) is 5.88. The minimum Gasteiger partial charge on any atom is -0.311 e. The molecule has 1 aromatic heterocycles. The van der Waals surface area contributed by atoms with Crippen LogP contribution in [0.2, 0.25) is 0 Å². The molecule has 13 rings (SSSR count). The molecule has 0 amide bonds. The van der Waals surface area contributed by atoms with E-state index < -0.39 is 0 Å². The molecule has 2 nitrogen and oxygen atoms in total. The summed E-state index contributed by atoms with van der Waals surface area (Å²) in [6.45, 7) is 35.0. The molecule has 6 aromatic rings. The minimum absolute atomic E-state index is 0.0989. The lowest BCUT2D eigenvalue weighted by atomic mass is 9.35. The Hall–Kier alpha value is -4.28. The van der Waals surface area contributed by atoms with Crippen LogP contribution in [-0.2, 0) is 32.5 Å². The lowest BCUT2D eigenvalue weighted by Crippen LogP contribution is -2.60. The predicted octanol–water partition coefficient (Wildman–Crippen LogP) is 16.3. The third-order valence-electron chi connectivity index (χ3n) is 20.4. The second-order valence-electron chi connectivity index (χ2n) is 27.2. The molecule has 4 heteroatoms. The van der Waals surface area contributed by atoms with Crippen LogP contribution in [0.25, 0.3) is 10.1 Å². The molecule has 5 aromatic carbocycles. The van der Waals surface area contributed by atoms with Crippen molar-refractivity contribution in [3.8, 4) is 0 Å². The SMILES string of the molecule is Cc1cc2c3c(c1)N(c1ccc4c(c1)C(C)(C)CCC4(C)C)c1c(sc4cc5c(cc14)C1(C)CC[C@H](C1)C5C)B3c1cc3c(cc1N2c1ccc2c(c1)C(C)(C)CCC2(C)C)C(C)(C)CCC3C. The first kappa shape index (κ1) is 43.7. The molecular formula is C64H75BN2S. The number of hydrogen-bond donors (Lipinski definition) is 0. The summed E-state index contributed by atoms with van der Waals surface area (Å²) in [6, 6.07) is 31.3. The fourth-order valence-electron chi connectivity index (χ4n) is 15.7. The lowest BCUT2D eigenvalue weighted by Gasteiger charge is -2.47. The van der Waals surface area contributed by atoms with Crippen molar-refractivity contribution in [3.05, 3.63) is 123 Å². The van der Waals surface area contributed by atoms with Crippen LogP contribution in [0.3, 0.4) is 0 Å². The van der Waals surface area contributed by atoms with Gasteiger partial charge < -0.3 is 9.80 Å². The van der Waals surface area contributed by atoms with Gasteiger partial charge in [-0.1, -0.05) is 108 Å². The summed E-state index contributed by atoms with van der Waals surface area (Å²) in [6.07, 6.45) is 11.3. The number of rotatable bonds is 2. The number of anilines is 6. The standard InChI is InChI=1S/C64H75BN2S/c1-36-27-53-56-54(28-36)67(41-16-18-46-50(30-41)63(12,13)26-24-61(46,8)9)57-44-31-48-43(38(3)39-20-22-64(48,14)35-39)33-55(44)68-58(57)65(56)51-32-42-37(2)19-21-59(4,5)47(42)34-52(51)66(53)40-15-17-45-49(29-40)62(10,11)25-23-60(45,6)7/h15-18,27-34,37-39H,19-26,35H2,1-14H3/t37?,38?,39-,64?/m1/s1. The molecular weight excluding hydrogens is 840 g/mol. The summed E-state index contributed by atoms with van der Waals surface area (Å²) in [4.78, 5) is 5.54. The van der Waals surface area contributed by atoms with E-state index in [1.807, 2.05) is 0 Å². The summed E-state index contributed by atoms with van der Waals surface area (Å²) in [5, 5.41) is 1.46. The molecule has 3 heterocycles. The first-order chi connectivity index (χ1) is 32.0. The molecule has 350 valence electrons. The molecule has 4 atom stereocenters. The zero-order chi connectivity index (χ0) is 47.6. The quantitative estimate of drug-likeness (QED) is 0.159. The smallest absolute Gasteiger partial charge is 0.264 e. The molecule has 3 unspecified atom stereocenters. The van der Waals surface area contributed by atoms with E-state index in [-0.39, 0.29) is 39.2 Å². The maximum atomic E-state index is 2.79. The van der Waals surface area contributed by atoms with E-state index in [2.05, 4.69) is 191 Å². The average Bonchev–Trinajstić information content (AvgIpc) is 3.85. The van der Waals surface area contributed by atoms with Crippen molar-refractivity contribution in [3.63, 3.8) is 0 Å². The van der Waals surface area contributed by atoms with Crippen molar-refractivity contribution in [2.45, 2.75) is 199 Å². The van der Waals surface area contributed by atoms with Crippen molar-refractivity contribution < 1.29 is 0 Å². The van der Waals surface area contributed by atoms with Crippen molar-refractivity contribution in [2.24, 2.45) is 5.92 Å².